The van der Waals surface area contributed by atoms with E-state index >= 15 is 0 Å². The molecule has 1 heterocycles. The van der Waals surface area contributed by atoms with E-state index in [4.69, 9.17) is 0 Å². The lowest BCUT2D eigenvalue weighted by Gasteiger charge is -2.32. The molecule has 3 heteroatoms. The zero-order chi connectivity index (χ0) is 11.8. The highest BCUT2D eigenvalue weighted by Gasteiger charge is 2.34. The molecule has 90 valence electrons. The van der Waals surface area contributed by atoms with Crippen LogP contribution in [0.1, 0.15) is 24.0 Å². The molecule has 0 bridgehead atoms. The van der Waals surface area contributed by atoms with Gasteiger partial charge in [0.15, 0.2) is 0 Å². The summed E-state index contributed by atoms with van der Waals surface area (Å²) in [6, 6.07) is 8.74. The van der Waals surface area contributed by atoms with Gasteiger partial charge in [-0.1, -0.05) is 24.3 Å². The van der Waals surface area contributed by atoms with Crippen molar-refractivity contribution in [2.45, 2.75) is 37.8 Å². The van der Waals surface area contributed by atoms with Crippen molar-refractivity contribution in [3.8, 4) is 0 Å². The van der Waals surface area contributed by atoms with E-state index in [1.807, 2.05) is 4.90 Å². The molecule has 3 rings (SSSR count). The molecule has 2 atom stereocenters. The number of aliphatic hydroxyl groups is 1. The van der Waals surface area contributed by atoms with Crippen LogP contribution in [0.4, 0.5) is 0 Å². The van der Waals surface area contributed by atoms with Gasteiger partial charge in [-0.2, -0.15) is 0 Å². The second kappa shape index (κ2) is 4.15. The Labute approximate surface area is 101 Å². The smallest absolute Gasteiger partial charge is 0.225 e. The first-order valence-electron chi connectivity index (χ1n) is 6.28. The maximum atomic E-state index is 11.8. The minimum atomic E-state index is -0.459. The number of likely N-dealkylation sites (tertiary alicyclic amines) is 1. The van der Waals surface area contributed by atoms with Crippen LogP contribution in [0, 0.1) is 0 Å². The van der Waals surface area contributed by atoms with Gasteiger partial charge in [0, 0.05) is 12.6 Å². The first-order valence-corrected chi connectivity index (χ1v) is 6.28. The third kappa shape index (κ3) is 1.95. The molecular weight excluding hydrogens is 214 g/mol. The number of hydrogen-bond acceptors (Lipinski definition) is 2. The number of benzene rings is 1. The Hall–Kier alpha value is -1.35. The Kier molecular flexibility index (Phi) is 2.63. The van der Waals surface area contributed by atoms with Gasteiger partial charge in [-0.15, -0.1) is 0 Å². The van der Waals surface area contributed by atoms with Crippen LogP contribution in [0.5, 0.6) is 0 Å². The molecule has 1 aliphatic carbocycles. The monoisotopic (exact) mass is 231 g/mol. The van der Waals surface area contributed by atoms with E-state index in [1.54, 1.807) is 0 Å². The van der Waals surface area contributed by atoms with Gasteiger partial charge in [0.1, 0.15) is 0 Å². The Morgan fingerprint density at radius 2 is 1.94 bits per heavy atom. The molecule has 1 fully saturated rings. The fraction of sp³-hybridized carbons (Fsp3) is 0.500. The molecule has 1 aromatic rings. The molecule has 1 aromatic carbocycles. The molecular formula is C14H17NO2. The Morgan fingerprint density at radius 1 is 1.18 bits per heavy atom. The van der Waals surface area contributed by atoms with Crippen LogP contribution >= 0.6 is 0 Å². The van der Waals surface area contributed by atoms with Crippen molar-refractivity contribution >= 4 is 5.91 Å². The van der Waals surface area contributed by atoms with Crippen molar-refractivity contribution in [1.82, 2.24) is 4.90 Å². The Balaban J connectivity index is 1.78. The van der Waals surface area contributed by atoms with Crippen LogP contribution in [0.15, 0.2) is 24.3 Å². The number of β-amino-alcohol motifs (C(OH)–C–C–N with tert-alkyl or cyclic N) is 1. The summed E-state index contributed by atoms with van der Waals surface area (Å²) >= 11 is 0. The quantitative estimate of drug-likeness (QED) is 0.787. The zero-order valence-electron chi connectivity index (χ0n) is 9.80. The lowest BCUT2D eigenvalue weighted by Crippen LogP contribution is -2.40. The van der Waals surface area contributed by atoms with E-state index in [-0.39, 0.29) is 11.9 Å². The van der Waals surface area contributed by atoms with Gasteiger partial charge in [-0.25, -0.2) is 0 Å². The lowest BCUT2D eigenvalue weighted by molar-refractivity contribution is -0.129. The molecule has 17 heavy (non-hydrogen) atoms. The fourth-order valence-electron chi connectivity index (χ4n) is 3.01. The molecule has 0 aromatic heterocycles. The fourth-order valence-corrected chi connectivity index (χ4v) is 3.01. The lowest BCUT2D eigenvalue weighted by atomic mass is 9.87. The second-order valence-corrected chi connectivity index (χ2v) is 5.07. The van der Waals surface area contributed by atoms with Crippen molar-refractivity contribution in [1.29, 1.82) is 0 Å². The van der Waals surface area contributed by atoms with Gasteiger partial charge in [-0.3, -0.25) is 4.79 Å². The van der Waals surface area contributed by atoms with E-state index in [1.165, 1.54) is 11.1 Å². The predicted molar refractivity (Wildman–Crippen MR) is 64.6 cm³/mol. The summed E-state index contributed by atoms with van der Waals surface area (Å²) in [5.74, 6) is 0.113. The third-order valence-electron chi connectivity index (χ3n) is 3.90. The number of aryl methyl sites for hydroxylation is 1. The van der Waals surface area contributed by atoms with Gasteiger partial charge in [-0.05, 0) is 30.4 Å². The van der Waals surface area contributed by atoms with Crippen LogP contribution in [-0.4, -0.2) is 34.6 Å². The molecule has 0 radical (unpaired) electrons. The number of carbonyl (C=O) groups is 1. The molecule has 0 spiro atoms. The molecule has 1 amide bonds. The van der Waals surface area contributed by atoms with Gasteiger partial charge in [0.2, 0.25) is 5.91 Å². The van der Waals surface area contributed by atoms with E-state index in [0.29, 0.717) is 13.0 Å². The highest BCUT2D eigenvalue weighted by molar-refractivity contribution is 5.79. The minimum Gasteiger partial charge on any atom is -0.391 e. The summed E-state index contributed by atoms with van der Waals surface area (Å²) in [4.78, 5) is 13.6. The number of nitrogens with zero attached hydrogens (tertiary/aromatic N) is 1. The van der Waals surface area contributed by atoms with Crippen molar-refractivity contribution in [3.63, 3.8) is 0 Å². The highest BCUT2D eigenvalue weighted by atomic mass is 16.3. The maximum absolute atomic E-state index is 11.8. The summed E-state index contributed by atoms with van der Waals surface area (Å²) in [6.45, 7) is 0.520. The third-order valence-corrected chi connectivity index (χ3v) is 3.90. The van der Waals surface area contributed by atoms with Crippen LogP contribution in [-0.2, 0) is 17.6 Å². The van der Waals surface area contributed by atoms with Gasteiger partial charge < -0.3 is 10.0 Å². The summed E-state index contributed by atoms with van der Waals surface area (Å²) < 4.78 is 0. The summed E-state index contributed by atoms with van der Waals surface area (Å²) in [7, 11) is 0. The topological polar surface area (TPSA) is 40.5 Å². The summed E-state index contributed by atoms with van der Waals surface area (Å²) in [6.07, 6.45) is 2.85. The molecule has 1 saturated heterocycles. The van der Waals surface area contributed by atoms with Crippen molar-refractivity contribution in [3.05, 3.63) is 35.4 Å². The average Bonchev–Trinajstić information content (AvgIpc) is 2.68. The largest absolute Gasteiger partial charge is 0.391 e. The van der Waals surface area contributed by atoms with Crippen molar-refractivity contribution in [2.24, 2.45) is 0 Å². The standard InChI is InChI=1S/C14H17NO2/c16-13-8-14(17)15(9-13)12-6-5-10-3-1-2-4-11(10)7-12/h1-4,12-13,16H,5-9H2. The van der Waals surface area contributed by atoms with E-state index in [0.717, 1.165) is 19.3 Å². The van der Waals surface area contributed by atoms with Crippen molar-refractivity contribution < 1.29 is 9.90 Å². The van der Waals surface area contributed by atoms with Crippen LogP contribution in [0.2, 0.25) is 0 Å². The van der Waals surface area contributed by atoms with Crippen LogP contribution in [0.3, 0.4) is 0 Å². The normalized spacial score (nSPS) is 28.3. The molecule has 1 N–H and O–H groups in total. The van der Waals surface area contributed by atoms with E-state index in [9.17, 15) is 9.90 Å². The van der Waals surface area contributed by atoms with E-state index in [2.05, 4.69) is 24.3 Å². The Bertz CT molecular complexity index is 444. The first-order chi connectivity index (χ1) is 8.24. The minimum absolute atomic E-state index is 0.113. The number of hydrogen-bond donors (Lipinski definition) is 1. The van der Waals surface area contributed by atoms with Crippen molar-refractivity contribution in [2.75, 3.05) is 6.54 Å². The van der Waals surface area contributed by atoms with Gasteiger partial charge in [0.25, 0.3) is 0 Å². The first kappa shape index (κ1) is 10.8. The zero-order valence-corrected chi connectivity index (χ0v) is 9.80. The Morgan fingerprint density at radius 3 is 2.65 bits per heavy atom. The molecule has 0 saturated carbocycles. The molecule has 1 aliphatic heterocycles. The molecule has 2 unspecified atom stereocenters. The SMILES string of the molecule is O=C1CC(O)CN1C1CCc2ccccc2C1. The van der Waals surface area contributed by atoms with Crippen LogP contribution < -0.4 is 0 Å². The number of rotatable bonds is 1. The summed E-state index contributed by atoms with van der Waals surface area (Å²) in [5, 5.41) is 9.53. The number of carbonyl (C=O) groups excluding carboxylic acids is 1. The number of fused-ring (bicyclic) bond motifs is 1. The molecule has 2 aliphatic rings. The predicted octanol–water partition coefficient (Wildman–Crippen LogP) is 1.14. The average molecular weight is 231 g/mol. The molecule has 3 nitrogen and oxygen atoms in total. The maximum Gasteiger partial charge on any atom is 0.225 e. The number of aliphatic hydroxyl groups excluding tert-OH is 1. The number of amides is 1. The second-order valence-electron chi connectivity index (χ2n) is 5.07. The van der Waals surface area contributed by atoms with Crippen LogP contribution in [0.25, 0.3) is 0 Å². The van der Waals surface area contributed by atoms with E-state index < -0.39 is 6.10 Å². The highest BCUT2D eigenvalue weighted by Crippen LogP contribution is 2.27. The summed E-state index contributed by atoms with van der Waals surface area (Å²) in [5.41, 5.74) is 2.77. The van der Waals surface area contributed by atoms with Gasteiger partial charge >= 0.3 is 0 Å². The van der Waals surface area contributed by atoms with Gasteiger partial charge in [0.05, 0.1) is 12.5 Å².